The molecule has 178 valence electrons. The number of carbonyl (C=O) groups excluding carboxylic acids is 1. The molecule has 0 bridgehead atoms. The van der Waals surface area contributed by atoms with E-state index in [9.17, 15) is 4.79 Å². The Morgan fingerprint density at radius 3 is 2.54 bits per heavy atom. The van der Waals surface area contributed by atoms with Crippen LogP contribution in [-0.4, -0.2) is 27.8 Å². The maximum absolute atomic E-state index is 13.6. The van der Waals surface area contributed by atoms with E-state index >= 15 is 0 Å². The number of allylic oxidation sites excluding steroid dienone is 1. The van der Waals surface area contributed by atoms with Crippen molar-refractivity contribution in [2.45, 2.75) is 30.8 Å². The van der Waals surface area contributed by atoms with E-state index in [4.69, 9.17) is 4.74 Å². The summed E-state index contributed by atoms with van der Waals surface area (Å²) in [5.41, 5.74) is 4.63. The summed E-state index contributed by atoms with van der Waals surface area (Å²) in [4.78, 5) is 13.6. The fourth-order valence-corrected chi connectivity index (χ4v) is 4.84. The van der Waals surface area contributed by atoms with E-state index < -0.39 is 5.25 Å². The van der Waals surface area contributed by atoms with Gasteiger partial charge in [0.1, 0.15) is 11.0 Å². The van der Waals surface area contributed by atoms with Crippen molar-refractivity contribution in [3.8, 4) is 17.1 Å². The fourth-order valence-electron chi connectivity index (χ4n) is 3.79. The highest BCUT2D eigenvalue weighted by atomic mass is 32.2. The zero-order valence-corrected chi connectivity index (χ0v) is 20.9. The van der Waals surface area contributed by atoms with Crippen LogP contribution in [0, 0.1) is 13.8 Å². The van der Waals surface area contributed by atoms with Crippen LogP contribution < -0.4 is 10.1 Å². The third kappa shape index (κ3) is 5.63. The van der Waals surface area contributed by atoms with Gasteiger partial charge in [0.15, 0.2) is 11.0 Å². The molecule has 1 aromatic heterocycles. The molecule has 1 amide bonds. The molecule has 1 unspecified atom stereocenters. The second kappa shape index (κ2) is 11.1. The van der Waals surface area contributed by atoms with Gasteiger partial charge in [-0.2, -0.15) is 0 Å². The molecule has 3 aromatic carbocycles. The number of aromatic nitrogens is 3. The van der Waals surface area contributed by atoms with Gasteiger partial charge in [-0.3, -0.25) is 9.36 Å². The summed E-state index contributed by atoms with van der Waals surface area (Å²) in [5, 5.41) is 12.1. The van der Waals surface area contributed by atoms with Crippen LogP contribution in [0.4, 0.5) is 5.69 Å². The van der Waals surface area contributed by atoms with Crippen molar-refractivity contribution >= 4 is 23.4 Å². The standard InChI is InChI=1S/C28H28N4O2S/c1-5-16-32-26(22-13-9-10-19(2)17-22)30-31-28(32)35-25(21-11-7-6-8-12-21)27(33)29-23-18-20(3)14-15-24(23)34-4/h5-15,17-18,25H,1,16H2,2-4H3,(H,29,33). The van der Waals surface area contributed by atoms with Crippen molar-refractivity contribution in [1.29, 1.82) is 0 Å². The number of anilines is 1. The second-order valence-electron chi connectivity index (χ2n) is 8.18. The molecule has 35 heavy (non-hydrogen) atoms. The van der Waals surface area contributed by atoms with Crippen LogP contribution in [0.2, 0.25) is 0 Å². The van der Waals surface area contributed by atoms with E-state index in [0.29, 0.717) is 23.1 Å². The first-order valence-corrected chi connectivity index (χ1v) is 12.2. The van der Waals surface area contributed by atoms with Crippen molar-refractivity contribution in [3.05, 3.63) is 102 Å². The van der Waals surface area contributed by atoms with Crippen molar-refractivity contribution < 1.29 is 9.53 Å². The van der Waals surface area contributed by atoms with E-state index in [1.54, 1.807) is 7.11 Å². The zero-order valence-electron chi connectivity index (χ0n) is 20.1. The van der Waals surface area contributed by atoms with Gasteiger partial charge >= 0.3 is 0 Å². The smallest absolute Gasteiger partial charge is 0.242 e. The highest BCUT2D eigenvalue weighted by molar-refractivity contribution is 8.00. The Labute approximate surface area is 210 Å². The molecule has 1 N–H and O–H groups in total. The Morgan fingerprint density at radius 2 is 1.83 bits per heavy atom. The Kier molecular flexibility index (Phi) is 7.67. The summed E-state index contributed by atoms with van der Waals surface area (Å²) in [7, 11) is 1.59. The van der Waals surface area contributed by atoms with Crippen LogP contribution in [0.25, 0.3) is 11.4 Å². The molecule has 0 aliphatic heterocycles. The number of carbonyl (C=O) groups is 1. The fraction of sp³-hybridized carbons (Fsp3) is 0.179. The molecule has 1 atom stereocenters. The minimum absolute atomic E-state index is 0.171. The maximum Gasteiger partial charge on any atom is 0.242 e. The number of thioether (sulfide) groups is 1. The maximum atomic E-state index is 13.6. The van der Waals surface area contributed by atoms with Crippen LogP contribution in [0.15, 0.2) is 90.6 Å². The number of nitrogens with zero attached hydrogens (tertiary/aromatic N) is 3. The molecule has 4 aromatic rings. The molecule has 0 aliphatic carbocycles. The molecule has 0 saturated heterocycles. The number of amides is 1. The summed E-state index contributed by atoms with van der Waals surface area (Å²) in [6.45, 7) is 8.45. The van der Waals surface area contributed by atoms with Gasteiger partial charge in [-0.1, -0.05) is 78.0 Å². The van der Waals surface area contributed by atoms with Crippen LogP contribution in [0.3, 0.4) is 0 Å². The lowest BCUT2D eigenvalue weighted by Crippen LogP contribution is -2.20. The monoisotopic (exact) mass is 484 g/mol. The van der Waals surface area contributed by atoms with Gasteiger partial charge in [0.25, 0.3) is 0 Å². The number of ether oxygens (including phenoxy) is 1. The van der Waals surface area contributed by atoms with E-state index in [1.165, 1.54) is 11.8 Å². The minimum Gasteiger partial charge on any atom is -0.495 e. The number of hydrogen-bond donors (Lipinski definition) is 1. The number of rotatable bonds is 9. The van der Waals surface area contributed by atoms with Gasteiger partial charge in [-0.15, -0.1) is 16.8 Å². The number of methoxy groups -OCH3 is 1. The summed E-state index contributed by atoms with van der Waals surface area (Å²) < 4.78 is 7.45. The Hall–Kier alpha value is -3.84. The molecule has 6 nitrogen and oxygen atoms in total. The summed E-state index contributed by atoms with van der Waals surface area (Å²) in [6.07, 6.45) is 1.81. The molecule has 0 aliphatic rings. The van der Waals surface area contributed by atoms with Crippen LogP contribution in [-0.2, 0) is 11.3 Å². The van der Waals surface area contributed by atoms with Crippen LogP contribution >= 0.6 is 11.8 Å². The lowest BCUT2D eigenvalue weighted by Gasteiger charge is -2.18. The van der Waals surface area contributed by atoms with E-state index in [-0.39, 0.29) is 5.91 Å². The molecular formula is C28H28N4O2S. The number of aryl methyl sites for hydroxylation is 2. The van der Waals surface area contributed by atoms with Gasteiger partial charge in [-0.05, 0) is 43.2 Å². The lowest BCUT2D eigenvalue weighted by atomic mass is 10.1. The third-order valence-corrected chi connectivity index (χ3v) is 6.72. The van der Waals surface area contributed by atoms with Gasteiger partial charge in [-0.25, -0.2) is 0 Å². The third-order valence-electron chi connectivity index (χ3n) is 5.48. The SMILES string of the molecule is C=CCn1c(SC(C(=O)Nc2cc(C)ccc2OC)c2ccccc2)nnc1-c1cccc(C)c1. The van der Waals surface area contributed by atoms with Crippen LogP contribution in [0.1, 0.15) is 21.9 Å². The van der Waals surface area contributed by atoms with Crippen molar-refractivity contribution in [3.63, 3.8) is 0 Å². The summed E-state index contributed by atoms with van der Waals surface area (Å²) in [5.74, 6) is 1.18. The second-order valence-corrected chi connectivity index (χ2v) is 9.25. The Balaban J connectivity index is 1.71. The van der Waals surface area contributed by atoms with Gasteiger partial charge < -0.3 is 10.1 Å². The van der Waals surface area contributed by atoms with Gasteiger partial charge in [0.2, 0.25) is 5.91 Å². The topological polar surface area (TPSA) is 69.0 Å². The van der Waals surface area contributed by atoms with Crippen LogP contribution in [0.5, 0.6) is 5.75 Å². The van der Waals surface area contributed by atoms with Crippen molar-refractivity contribution in [1.82, 2.24) is 14.8 Å². The lowest BCUT2D eigenvalue weighted by molar-refractivity contribution is -0.115. The molecule has 4 rings (SSSR count). The highest BCUT2D eigenvalue weighted by Gasteiger charge is 2.26. The Bertz CT molecular complexity index is 1330. The molecule has 0 fully saturated rings. The van der Waals surface area contributed by atoms with Crippen molar-refractivity contribution in [2.75, 3.05) is 12.4 Å². The van der Waals surface area contributed by atoms with Gasteiger partial charge in [0.05, 0.1) is 12.8 Å². The van der Waals surface area contributed by atoms with Gasteiger partial charge in [0, 0.05) is 12.1 Å². The average Bonchev–Trinajstić information content (AvgIpc) is 3.25. The number of benzene rings is 3. The number of nitrogens with one attached hydrogen (secondary N) is 1. The largest absolute Gasteiger partial charge is 0.495 e. The number of hydrogen-bond acceptors (Lipinski definition) is 5. The normalized spacial score (nSPS) is 11.6. The predicted molar refractivity (Wildman–Crippen MR) is 142 cm³/mol. The van der Waals surface area contributed by atoms with E-state index in [0.717, 1.165) is 28.1 Å². The first-order chi connectivity index (χ1) is 17.0. The summed E-state index contributed by atoms with van der Waals surface area (Å²) >= 11 is 1.36. The first kappa shape index (κ1) is 24.3. The summed E-state index contributed by atoms with van der Waals surface area (Å²) in [6, 6.07) is 23.5. The van der Waals surface area contributed by atoms with E-state index in [1.807, 2.05) is 91.2 Å². The minimum atomic E-state index is -0.556. The first-order valence-electron chi connectivity index (χ1n) is 11.3. The van der Waals surface area contributed by atoms with E-state index in [2.05, 4.69) is 28.2 Å². The molecule has 0 saturated carbocycles. The molecule has 0 radical (unpaired) electrons. The zero-order chi connectivity index (χ0) is 24.8. The van der Waals surface area contributed by atoms with Crippen molar-refractivity contribution in [2.24, 2.45) is 0 Å². The molecule has 7 heteroatoms. The average molecular weight is 485 g/mol. The molecule has 0 spiro atoms. The molecule has 1 heterocycles. The highest BCUT2D eigenvalue weighted by Crippen LogP contribution is 2.38. The predicted octanol–water partition coefficient (Wildman–Crippen LogP) is 6.23. The Morgan fingerprint density at radius 1 is 1.06 bits per heavy atom. The quantitative estimate of drug-likeness (QED) is 0.225. The molecular weight excluding hydrogens is 456 g/mol.